The van der Waals surface area contributed by atoms with Gasteiger partial charge in [-0.3, -0.25) is 9.48 Å². The van der Waals surface area contributed by atoms with Crippen molar-refractivity contribution in [3.05, 3.63) is 74.4 Å². The Hall–Kier alpha value is -3.63. The summed E-state index contributed by atoms with van der Waals surface area (Å²) in [4.78, 5) is 17.3. The van der Waals surface area contributed by atoms with Crippen LogP contribution in [-0.2, 0) is 6.98 Å². The Balaban J connectivity index is 1.87. The van der Waals surface area contributed by atoms with Gasteiger partial charge in [0.05, 0.1) is 28.9 Å². The number of pyridine rings is 1. The second-order valence-electron chi connectivity index (χ2n) is 7.30. The van der Waals surface area contributed by atoms with E-state index in [0.29, 0.717) is 33.3 Å². The first kappa shape index (κ1) is 17.1. The highest BCUT2D eigenvalue weighted by molar-refractivity contribution is 6.29. The van der Waals surface area contributed by atoms with Gasteiger partial charge in [-0.05, 0) is 44.5 Å². The summed E-state index contributed by atoms with van der Waals surface area (Å²) in [6.07, 6.45) is 2.69. The highest BCUT2D eigenvalue weighted by Gasteiger charge is 2.20. The molecule has 156 valence electrons. The van der Waals surface area contributed by atoms with Crippen LogP contribution < -0.4 is 10.7 Å². The molecule has 8 heteroatoms. The average molecular weight is 437 g/mol. The Bertz CT molecular complexity index is 1520. The van der Waals surface area contributed by atoms with Crippen molar-refractivity contribution in [2.75, 3.05) is 5.32 Å². The number of fused-ring (bicyclic) bond motifs is 1. The molecule has 3 aromatic heterocycles. The van der Waals surface area contributed by atoms with Gasteiger partial charge in [0.2, 0.25) is 0 Å². The lowest BCUT2D eigenvalue weighted by molar-refractivity contribution is 0.605. The van der Waals surface area contributed by atoms with Gasteiger partial charge in [-0.2, -0.15) is 10.4 Å². The fourth-order valence-corrected chi connectivity index (χ4v) is 3.70. The number of nitriles is 1. The Morgan fingerprint density at radius 2 is 2.16 bits per heavy atom. The Kier molecular flexibility index (Phi) is 4.35. The summed E-state index contributed by atoms with van der Waals surface area (Å²) in [6, 6.07) is 8.53. The van der Waals surface area contributed by atoms with E-state index >= 15 is 0 Å². The molecule has 7 nitrogen and oxygen atoms in total. The highest BCUT2D eigenvalue weighted by Crippen LogP contribution is 2.32. The fraction of sp³-hybridized carbons (Fsp3) is 0.217. The Morgan fingerprint density at radius 3 is 2.87 bits per heavy atom. The first-order valence-electron chi connectivity index (χ1n) is 11.0. The number of benzene rings is 1. The third kappa shape index (κ3) is 3.78. The predicted octanol–water partition coefficient (Wildman–Crippen LogP) is 4.90. The lowest BCUT2D eigenvalue weighted by atomic mass is 9.99. The number of hydrogen-bond acceptors (Lipinski definition) is 6. The predicted molar refractivity (Wildman–Crippen MR) is 120 cm³/mol. The first-order chi connectivity index (χ1) is 16.0. The van der Waals surface area contributed by atoms with Gasteiger partial charge in [0.15, 0.2) is 11.1 Å². The van der Waals surface area contributed by atoms with Crippen molar-refractivity contribution in [2.24, 2.45) is 6.98 Å². The van der Waals surface area contributed by atoms with E-state index in [9.17, 15) is 10.1 Å². The van der Waals surface area contributed by atoms with Crippen molar-refractivity contribution in [1.29, 1.82) is 5.26 Å². The molecular weight excluding hydrogens is 414 g/mol. The maximum absolute atomic E-state index is 13.3. The van der Waals surface area contributed by atoms with Crippen LogP contribution in [0.3, 0.4) is 0 Å². The number of anilines is 1. The molecule has 0 saturated carbocycles. The number of hydrogen-bond donors (Lipinski definition) is 1. The fourth-order valence-electron chi connectivity index (χ4n) is 3.55. The van der Waals surface area contributed by atoms with Crippen LogP contribution in [0.4, 0.5) is 5.69 Å². The van der Waals surface area contributed by atoms with Gasteiger partial charge >= 0.3 is 0 Å². The molecule has 0 saturated heterocycles. The smallest absolute Gasteiger partial charge is 0.196 e. The topological polar surface area (TPSA) is 96.7 Å². The van der Waals surface area contributed by atoms with E-state index < -0.39 is 6.98 Å². The number of nitrogens with one attached hydrogen (secondary N) is 1. The van der Waals surface area contributed by atoms with Gasteiger partial charge < -0.3 is 9.73 Å². The number of nitrogens with zero attached hydrogens (tertiary/aromatic N) is 4. The van der Waals surface area contributed by atoms with E-state index in [1.165, 1.54) is 12.4 Å². The van der Waals surface area contributed by atoms with Crippen LogP contribution in [0.1, 0.15) is 39.5 Å². The molecule has 0 aliphatic carbocycles. The zero-order chi connectivity index (χ0) is 24.8. The number of halogens is 1. The molecular formula is C23H20ClN5O2. The van der Waals surface area contributed by atoms with E-state index in [2.05, 4.69) is 15.4 Å². The van der Waals surface area contributed by atoms with E-state index in [1.807, 2.05) is 26.0 Å². The van der Waals surface area contributed by atoms with Gasteiger partial charge in [-0.25, -0.2) is 4.98 Å². The minimum absolute atomic E-state index is 0.145. The van der Waals surface area contributed by atoms with Gasteiger partial charge in [0.1, 0.15) is 22.6 Å². The largest absolute Gasteiger partial charge is 0.455 e. The number of aryl methyl sites for hydroxylation is 2. The summed E-state index contributed by atoms with van der Waals surface area (Å²) in [6.45, 7) is 2.93. The van der Waals surface area contributed by atoms with Gasteiger partial charge in [-0.15, -0.1) is 0 Å². The number of aromatic nitrogens is 3. The van der Waals surface area contributed by atoms with Crippen LogP contribution in [0.15, 0.2) is 45.9 Å². The van der Waals surface area contributed by atoms with E-state index in [4.69, 9.17) is 20.1 Å². The van der Waals surface area contributed by atoms with Gasteiger partial charge in [0, 0.05) is 28.4 Å². The van der Waals surface area contributed by atoms with Crippen molar-refractivity contribution < 1.29 is 8.53 Å². The normalized spacial score (nSPS) is 13.8. The molecule has 31 heavy (non-hydrogen) atoms. The maximum Gasteiger partial charge on any atom is 0.196 e. The molecule has 0 spiro atoms. The highest BCUT2D eigenvalue weighted by atomic mass is 35.5. The Morgan fingerprint density at radius 1 is 1.35 bits per heavy atom. The Labute approximate surface area is 188 Å². The molecule has 3 heterocycles. The molecule has 0 amide bonds. The van der Waals surface area contributed by atoms with Crippen LogP contribution >= 0.6 is 11.6 Å². The minimum Gasteiger partial charge on any atom is -0.455 e. The maximum atomic E-state index is 13.3. The van der Waals surface area contributed by atoms with Crippen molar-refractivity contribution in [3.63, 3.8) is 0 Å². The van der Waals surface area contributed by atoms with Crippen molar-refractivity contribution in [1.82, 2.24) is 14.8 Å². The standard InChI is InChI=1S/C23H20ClN5O2/c1-12-7-16(14(3)27-18-5-6-20(24)28-19(18)9-25)23-17(8-12)21(30)13(2)22(31-23)15-10-26-29(4)11-15/h5-8,10-11,14,27H,1-4H3/t14-/m1/s1/i4D3. The summed E-state index contributed by atoms with van der Waals surface area (Å²) < 4.78 is 29.7. The van der Waals surface area contributed by atoms with Crippen molar-refractivity contribution in [2.45, 2.75) is 26.8 Å². The van der Waals surface area contributed by atoms with E-state index in [-0.39, 0.29) is 28.1 Å². The molecule has 0 fully saturated rings. The minimum atomic E-state index is -2.45. The lowest BCUT2D eigenvalue weighted by Crippen LogP contribution is -2.13. The van der Waals surface area contributed by atoms with Crippen LogP contribution in [0.25, 0.3) is 22.3 Å². The van der Waals surface area contributed by atoms with Crippen molar-refractivity contribution >= 4 is 28.3 Å². The lowest BCUT2D eigenvalue weighted by Gasteiger charge is -2.19. The van der Waals surface area contributed by atoms with Crippen LogP contribution in [0.2, 0.25) is 5.15 Å². The van der Waals surface area contributed by atoms with Crippen LogP contribution in [0, 0.1) is 25.2 Å². The summed E-state index contributed by atoms with van der Waals surface area (Å²) >= 11 is 5.90. The average Bonchev–Trinajstić information content (AvgIpc) is 3.28. The third-order valence-electron chi connectivity index (χ3n) is 5.04. The zero-order valence-corrected chi connectivity index (χ0v) is 17.8. The van der Waals surface area contributed by atoms with Crippen LogP contribution in [0.5, 0.6) is 0 Å². The van der Waals surface area contributed by atoms with E-state index in [1.54, 1.807) is 25.1 Å². The molecule has 1 N–H and O–H groups in total. The SMILES string of the molecule is [2H]C([2H])([2H])n1cc(-c2oc3c([C@@H](C)Nc4ccc(Cl)nc4C#N)cc(C)cc3c(=O)c2C)cn1. The van der Waals surface area contributed by atoms with Crippen molar-refractivity contribution in [3.8, 4) is 17.4 Å². The summed E-state index contributed by atoms with van der Waals surface area (Å²) in [7, 11) is 0. The second kappa shape index (κ2) is 7.89. The second-order valence-corrected chi connectivity index (χ2v) is 7.68. The molecule has 0 aliphatic heterocycles. The third-order valence-corrected chi connectivity index (χ3v) is 5.25. The van der Waals surface area contributed by atoms with Crippen LogP contribution in [-0.4, -0.2) is 14.8 Å². The van der Waals surface area contributed by atoms with Gasteiger partial charge in [0.25, 0.3) is 0 Å². The molecule has 1 aromatic carbocycles. The quantitative estimate of drug-likeness (QED) is 0.457. The van der Waals surface area contributed by atoms with E-state index in [0.717, 1.165) is 10.2 Å². The summed E-state index contributed by atoms with van der Waals surface area (Å²) in [5.74, 6) is 0.246. The molecule has 4 rings (SSSR count). The molecule has 0 aliphatic rings. The first-order valence-corrected chi connectivity index (χ1v) is 9.84. The molecule has 1 atom stereocenters. The summed E-state index contributed by atoms with van der Waals surface area (Å²) in [5, 5.41) is 17.2. The number of rotatable bonds is 4. The summed E-state index contributed by atoms with van der Waals surface area (Å²) in [5.41, 5.74) is 3.06. The monoisotopic (exact) mass is 436 g/mol. The molecule has 0 bridgehead atoms. The zero-order valence-electron chi connectivity index (χ0n) is 20.0. The molecule has 0 radical (unpaired) electrons. The molecule has 0 unspecified atom stereocenters. The molecule has 4 aromatic rings. The van der Waals surface area contributed by atoms with Gasteiger partial charge in [-0.1, -0.05) is 17.7 Å².